The summed E-state index contributed by atoms with van der Waals surface area (Å²) in [7, 11) is 0. The van der Waals surface area contributed by atoms with Gasteiger partial charge < -0.3 is 5.32 Å². The third-order valence-corrected chi connectivity index (χ3v) is 4.38. The maximum absolute atomic E-state index is 4.57. The van der Waals surface area contributed by atoms with Crippen LogP contribution in [0.1, 0.15) is 35.5 Å². The number of aromatic nitrogens is 3. The Kier molecular flexibility index (Phi) is 4.22. The van der Waals surface area contributed by atoms with Crippen molar-refractivity contribution in [1.82, 2.24) is 19.9 Å². The first kappa shape index (κ1) is 14.1. The molecule has 108 valence electrons. The van der Waals surface area contributed by atoms with Crippen LogP contribution in [0.3, 0.4) is 0 Å². The van der Waals surface area contributed by atoms with Gasteiger partial charge in [0.15, 0.2) is 0 Å². The van der Waals surface area contributed by atoms with Gasteiger partial charge >= 0.3 is 0 Å². The minimum absolute atomic E-state index is 0.113. The Hall–Kier alpha value is -1.85. The van der Waals surface area contributed by atoms with E-state index in [9.17, 15) is 0 Å². The molecule has 0 saturated heterocycles. The average Bonchev–Trinajstić information content (AvgIpc) is 2.94. The van der Waals surface area contributed by atoms with E-state index in [1.807, 2.05) is 31.3 Å². The number of nitrogens with one attached hydrogen (secondary N) is 1. The molecule has 0 aliphatic carbocycles. The highest BCUT2D eigenvalue weighted by molar-refractivity contribution is 7.05. The molecule has 1 N–H and O–H groups in total. The summed E-state index contributed by atoms with van der Waals surface area (Å²) in [5.41, 5.74) is 3.17. The lowest BCUT2D eigenvalue weighted by Gasteiger charge is -2.18. The van der Waals surface area contributed by atoms with Crippen LogP contribution in [-0.4, -0.2) is 21.1 Å². The topological polar surface area (TPSA) is 50.7 Å². The molecule has 3 rings (SSSR count). The lowest BCUT2D eigenvalue weighted by atomic mass is 10.0. The molecule has 0 aliphatic rings. The van der Waals surface area contributed by atoms with Gasteiger partial charge in [-0.2, -0.15) is 0 Å². The van der Waals surface area contributed by atoms with Crippen LogP contribution >= 0.6 is 11.5 Å². The maximum Gasteiger partial charge on any atom is 0.0776 e. The summed E-state index contributed by atoms with van der Waals surface area (Å²) in [4.78, 5) is 5.74. The molecule has 0 aliphatic heterocycles. The highest BCUT2D eigenvalue weighted by Crippen LogP contribution is 2.28. The van der Waals surface area contributed by atoms with Crippen LogP contribution < -0.4 is 5.32 Å². The van der Waals surface area contributed by atoms with Crippen molar-refractivity contribution >= 4 is 22.4 Å². The minimum Gasteiger partial charge on any atom is -0.305 e. The first-order valence-electron chi connectivity index (χ1n) is 7.16. The first-order valence-corrected chi connectivity index (χ1v) is 7.94. The largest absolute Gasteiger partial charge is 0.305 e. The summed E-state index contributed by atoms with van der Waals surface area (Å²) >= 11 is 1.46. The van der Waals surface area contributed by atoms with Crippen LogP contribution in [0.5, 0.6) is 0 Å². The number of benzene rings is 1. The summed E-state index contributed by atoms with van der Waals surface area (Å²) in [6.07, 6.45) is 3.04. The molecular weight excluding hydrogens is 280 g/mol. The maximum atomic E-state index is 4.57. The summed E-state index contributed by atoms with van der Waals surface area (Å²) in [6.45, 7) is 5.13. The second kappa shape index (κ2) is 6.28. The molecule has 0 saturated carbocycles. The molecule has 0 radical (unpaired) electrons. The molecule has 0 bridgehead atoms. The van der Waals surface area contributed by atoms with Crippen molar-refractivity contribution in [3.63, 3.8) is 0 Å². The third kappa shape index (κ3) is 2.94. The molecule has 2 heterocycles. The lowest BCUT2D eigenvalue weighted by Crippen LogP contribution is -2.23. The number of rotatable bonds is 5. The zero-order valence-electron chi connectivity index (χ0n) is 12.2. The van der Waals surface area contributed by atoms with Crippen molar-refractivity contribution in [2.24, 2.45) is 0 Å². The smallest absolute Gasteiger partial charge is 0.0776 e. The number of fused-ring (bicyclic) bond motifs is 1. The summed E-state index contributed by atoms with van der Waals surface area (Å²) in [5, 5.41) is 8.89. The SMILES string of the molecule is CCCNC(c1cnc2ccccc2c1)c1snnc1C. The monoisotopic (exact) mass is 298 g/mol. The predicted octanol–water partition coefficient (Wildman–Crippen LogP) is 3.48. The van der Waals surface area contributed by atoms with E-state index in [-0.39, 0.29) is 6.04 Å². The van der Waals surface area contributed by atoms with Crippen molar-refractivity contribution in [3.8, 4) is 0 Å². The van der Waals surface area contributed by atoms with Crippen LogP contribution in [0.2, 0.25) is 0 Å². The molecule has 1 atom stereocenters. The molecular formula is C16H18N4S. The molecule has 21 heavy (non-hydrogen) atoms. The quantitative estimate of drug-likeness (QED) is 0.783. The molecule has 1 unspecified atom stereocenters. The lowest BCUT2D eigenvalue weighted by molar-refractivity contribution is 0.602. The van der Waals surface area contributed by atoms with Gasteiger partial charge in [0.2, 0.25) is 0 Å². The Morgan fingerprint density at radius 1 is 1.29 bits per heavy atom. The molecule has 1 aromatic carbocycles. The highest BCUT2D eigenvalue weighted by Gasteiger charge is 2.19. The van der Waals surface area contributed by atoms with Crippen molar-refractivity contribution in [1.29, 1.82) is 0 Å². The van der Waals surface area contributed by atoms with E-state index < -0.39 is 0 Å². The van der Waals surface area contributed by atoms with Crippen molar-refractivity contribution in [2.45, 2.75) is 26.3 Å². The van der Waals surface area contributed by atoms with E-state index in [0.29, 0.717) is 0 Å². The van der Waals surface area contributed by atoms with Gasteiger partial charge in [0.1, 0.15) is 0 Å². The Labute approximate surface area is 128 Å². The molecule has 0 amide bonds. The molecule has 4 nitrogen and oxygen atoms in total. The Bertz CT molecular complexity index is 738. The Morgan fingerprint density at radius 3 is 2.90 bits per heavy atom. The summed E-state index contributed by atoms with van der Waals surface area (Å²) in [5.74, 6) is 0. The van der Waals surface area contributed by atoms with E-state index >= 15 is 0 Å². The van der Waals surface area contributed by atoms with Gasteiger partial charge in [-0.05, 0) is 49.1 Å². The normalized spacial score (nSPS) is 12.7. The van der Waals surface area contributed by atoms with Crippen LogP contribution in [0.15, 0.2) is 36.5 Å². The number of para-hydroxylation sites is 1. The van der Waals surface area contributed by atoms with Crippen molar-refractivity contribution in [2.75, 3.05) is 6.54 Å². The second-order valence-corrected chi connectivity index (χ2v) is 5.86. The highest BCUT2D eigenvalue weighted by atomic mass is 32.1. The summed E-state index contributed by atoms with van der Waals surface area (Å²) < 4.78 is 4.07. The van der Waals surface area contributed by atoms with Gasteiger partial charge in [-0.15, -0.1) is 5.10 Å². The molecule has 3 aromatic rings. The summed E-state index contributed by atoms with van der Waals surface area (Å²) in [6, 6.07) is 10.5. The van der Waals surface area contributed by atoms with E-state index in [0.717, 1.165) is 35.1 Å². The van der Waals surface area contributed by atoms with Crippen LogP contribution in [-0.2, 0) is 0 Å². The average molecular weight is 298 g/mol. The number of nitrogens with zero attached hydrogens (tertiary/aromatic N) is 3. The van der Waals surface area contributed by atoms with E-state index in [2.05, 4.69) is 38.9 Å². The Morgan fingerprint density at radius 2 is 2.14 bits per heavy atom. The standard InChI is InChI=1S/C16H18N4S/c1-3-8-17-15(16-11(2)19-20-21-16)13-9-12-6-4-5-7-14(12)18-10-13/h4-7,9-10,15,17H,3,8H2,1-2H3. The Balaban J connectivity index is 2.03. The second-order valence-electron chi connectivity index (χ2n) is 5.07. The van der Waals surface area contributed by atoms with Crippen LogP contribution in [0.25, 0.3) is 10.9 Å². The number of hydrogen-bond donors (Lipinski definition) is 1. The number of aryl methyl sites for hydroxylation is 1. The third-order valence-electron chi connectivity index (χ3n) is 3.49. The van der Waals surface area contributed by atoms with E-state index in [1.165, 1.54) is 16.4 Å². The van der Waals surface area contributed by atoms with E-state index in [1.54, 1.807) is 0 Å². The van der Waals surface area contributed by atoms with Crippen molar-refractivity contribution < 1.29 is 0 Å². The van der Waals surface area contributed by atoms with Crippen molar-refractivity contribution in [3.05, 3.63) is 52.7 Å². The zero-order chi connectivity index (χ0) is 14.7. The van der Waals surface area contributed by atoms with Crippen LogP contribution in [0.4, 0.5) is 0 Å². The fourth-order valence-electron chi connectivity index (χ4n) is 2.40. The van der Waals surface area contributed by atoms with Gasteiger partial charge in [-0.3, -0.25) is 4.98 Å². The van der Waals surface area contributed by atoms with Gasteiger partial charge in [0, 0.05) is 11.6 Å². The molecule has 2 aromatic heterocycles. The molecule has 0 fully saturated rings. The fraction of sp³-hybridized carbons (Fsp3) is 0.312. The minimum atomic E-state index is 0.113. The van der Waals surface area contributed by atoms with Crippen LogP contribution in [0, 0.1) is 6.92 Å². The van der Waals surface area contributed by atoms with E-state index in [4.69, 9.17) is 0 Å². The van der Waals surface area contributed by atoms with Gasteiger partial charge in [-0.25, -0.2) is 0 Å². The zero-order valence-corrected chi connectivity index (χ0v) is 13.0. The first-order chi connectivity index (χ1) is 10.3. The van der Waals surface area contributed by atoms with Gasteiger partial charge in [-0.1, -0.05) is 29.6 Å². The van der Waals surface area contributed by atoms with Gasteiger partial charge in [0.25, 0.3) is 0 Å². The fourth-order valence-corrected chi connectivity index (χ4v) is 3.15. The number of pyridine rings is 1. The predicted molar refractivity (Wildman–Crippen MR) is 86.5 cm³/mol. The molecule has 5 heteroatoms. The molecule has 0 spiro atoms. The number of hydrogen-bond acceptors (Lipinski definition) is 5. The van der Waals surface area contributed by atoms with Gasteiger partial charge in [0.05, 0.1) is 22.1 Å².